The average Bonchev–Trinajstić information content (AvgIpc) is 2.74. The number of likely N-dealkylation sites (tertiary alicyclic amines) is 1. The van der Waals surface area contributed by atoms with Crippen LogP contribution in [0.1, 0.15) is 51.4 Å². The topological polar surface area (TPSA) is 18.5 Å². The van der Waals surface area contributed by atoms with Gasteiger partial charge in [-0.1, -0.05) is 19.3 Å². The van der Waals surface area contributed by atoms with Gasteiger partial charge in [0.2, 0.25) is 0 Å². The maximum Gasteiger partial charge on any atom is 0.0223 e. The highest BCUT2D eigenvalue weighted by Gasteiger charge is 2.28. The Bertz CT molecular complexity index is 301. The van der Waals surface area contributed by atoms with Gasteiger partial charge in [0.25, 0.3) is 0 Å². The fourth-order valence-corrected chi connectivity index (χ4v) is 4.83. The molecule has 1 aliphatic carbocycles. The molecule has 0 radical (unpaired) electrons. The van der Waals surface area contributed by atoms with Gasteiger partial charge >= 0.3 is 0 Å². The number of nitrogens with zero attached hydrogens (tertiary/aromatic N) is 2. The van der Waals surface area contributed by atoms with Crippen molar-refractivity contribution in [1.29, 1.82) is 0 Å². The van der Waals surface area contributed by atoms with Gasteiger partial charge < -0.3 is 15.1 Å². The molecule has 2 saturated heterocycles. The minimum atomic E-state index is 0.772. The van der Waals surface area contributed by atoms with Crippen LogP contribution in [0.4, 0.5) is 0 Å². The summed E-state index contributed by atoms with van der Waals surface area (Å²) in [5.74, 6) is 1.86. The summed E-state index contributed by atoms with van der Waals surface area (Å²) in [5.41, 5.74) is 0. The molecule has 3 rings (SSSR count). The molecule has 2 aliphatic heterocycles. The lowest BCUT2D eigenvalue weighted by Crippen LogP contribution is -2.46. The molecular formula is C18H35N3. The van der Waals surface area contributed by atoms with Crippen molar-refractivity contribution < 1.29 is 0 Å². The zero-order valence-electron chi connectivity index (χ0n) is 14.0. The van der Waals surface area contributed by atoms with Gasteiger partial charge in [-0.15, -0.1) is 0 Å². The van der Waals surface area contributed by atoms with Crippen molar-refractivity contribution in [1.82, 2.24) is 15.1 Å². The maximum absolute atomic E-state index is 3.88. The predicted octanol–water partition coefficient (Wildman–Crippen LogP) is 2.57. The number of hydrogen-bond acceptors (Lipinski definition) is 3. The van der Waals surface area contributed by atoms with E-state index >= 15 is 0 Å². The summed E-state index contributed by atoms with van der Waals surface area (Å²) in [7, 11) is 2.29. The van der Waals surface area contributed by atoms with Crippen LogP contribution in [0.2, 0.25) is 0 Å². The molecule has 3 aliphatic rings. The van der Waals surface area contributed by atoms with Crippen LogP contribution in [0.15, 0.2) is 0 Å². The fraction of sp³-hybridized carbons (Fsp3) is 1.00. The molecule has 21 heavy (non-hydrogen) atoms. The smallest absolute Gasteiger partial charge is 0.0223 e. The minimum Gasteiger partial charge on any atom is -0.312 e. The third-order valence-corrected chi connectivity index (χ3v) is 5.97. The van der Waals surface area contributed by atoms with Gasteiger partial charge in [0.15, 0.2) is 0 Å². The Labute approximate surface area is 131 Å². The molecule has 0 aromatic carbocycles. The molecule has 0 spiro atoms. The van der Waals surface area contributed by atoms with E-state index in [9.17, 15) is 0 Å². The third-order valence-electron chi connectivity index (χ3n) is 5.97. The second-order valence-corrected chi connectivity index (χ2v) is 7.84. The lowest BCUT2D eigenvalue weighted by Gasteiger charge is -2.36. The van der Waals surface area contributed by atoms with Crippen molar-refractivity contribution in [2.75, 3.05) is 46.3 Å². The molecule has 0 bridgehead atoms. The molecule has 2 unspecified atom stereocenters. The predicted molar refractivity (Wildman–Crippen MR) is 89.6 cm³/mol. The summed E-state index contributed by atoms with van der Waals surface area (Å²) in [6.07, 6.45) is 11.5. The Balaban J connectivity index is 1.51. The van der Waals surface area contributed by atoms with Crippen LogP contribution < -0.4 is 5.32 Å². The van der Waals surface area contributed by atoms with Gasteiger partial charge in [0, 0.05) is 25.7 Å². The molecular weight excluding hydrogens is 258 g/mol. The highest BCUT2D eigenvalue weighted by Crippen LogP contribution is 2.28. The molecule has 122 valence electrons. The van der Waals surface area contributed by atoms with E-state index in [2.05, 4.69) is 22.2 Å². The molecule has 2 atom stereocenters. The van der Waals surface area contributed by atoms with Crippen LogP contribution in [0.25, 0.3) is 0 Å². The normalized spacial score (nSPS) is 34.7. The lowest BCUT2D eigenvalue weighted by molar-refractivity contribution is 0.139. The first kappa shape index (κ1) is 15.8. The Hall–Kier alpha value is -0.120. The molecule has 0 aromatic heterocycles. The Morgan fingerprint density at radius 1 is 0.905 bits per heavy atom. The molecule has 1 N–H and O–H groups in total. The zero-order valence-corrected chi connectivity index (χ0v) is 14.0. The van der Waals surface area contributed by atoms with Crippen molar-refractivity contribution in [3.8, 4) is 0 Å². The van der Waals surface area contributed by atoms with E-state index in [-0.39, 0.29) is 0 Å². The van der Waals surface area contributed by atoms with Gasteiger partial charge in [0.05, 0.1) is 0 Å². The summed E-state index contributed by atoms with van der Waals surface area (Å²) >= 11 is 0. The highest BCUT2D eigenvalue weighted by atomic mass is 15.2. The summed E-state index contributed by atoms with van der Waals surface area (Å²) in [5, 5.41) is 3.88. The molecule has 1 saturated carbocycles. The quantitative estimate of drug-likeness (QED) is 0.863. The summed E-state index contributed by atoms with van der Waals surface area (Å²) in [6.45, 7) is 7.83. The van der Waals surface area contributed by atoms with Gasteiger partial charge in [-0.05, 0) is 70.6 Å². The number of rotatable bonds is 3. The first-order valence-corrected chi connectivity index (χ1v) is 9.45. The first-order chi connectivity index (χ1) is 10.3. The molecule has 3 fully saturated rings. The Morgan fingerprint density at radius 2 is 1.76 bits per heavy atom. The van der Waals surface area contributed by atoms with E-state index in [1.807, 2.05) is 0 Å². The first-order valence-electron chi connectivity index (χ1n) is 9.45. The van der Waals surface area contributed by atoms with Gasteiger partial charge in [-0.2, -0.15) is 0 Å². The second kappa shape index (κ2) is 7.94. The Kier molecular flexibility index (Phi) is 5.96. The third kappa shape index (κ3) is 4.67. The van der Waals surface area contributed by atoms with Gasteiger partial charge in [-0.3, -0.25) is 0 Å². The van der Waals surface area contributed by atoms with Crippen LogP contribution in [0.5, 0.6) is 0 Å². The van der Waals surface area contributed by atoms with E-state index in [0.717, 1.165) is 17.9 Å². The van der Waals surface area contributed by atoms with E-state index in [1.165, 1.54) is 90.6 Å². The van der Waals surface area contributed by atoms with Crippen LogP contribution in [-0.2, 0) is 0 Å². The summed E-state index contributed by atoms with van der Waals surface area (Å²) in [6, 6.07) is 0.772. The molecule has 3 heteroatoms. The Morgan fingerprint density at radius 3 is 2.57 bits per heavy atom. The minimum absolute atomic E-state index is 0.772. The number of nitrogens with one attached hydrogen (secondary N) is 1. The van der Waals surface area contributed by atoms with Crippen LogP contribution in [0, 0.1) is 11.8 Å². The molecule has 0 aromatic rings. The summed E-state index contributed by atoms with van der Waals surface area (Å²) in [4.78, 5) is 5.33. The van der Waals surface area contributed by atoms with E-state index in [0.29, 0.717) is 0 Å². The van der Waals surface area contributed by atoms with Crippen LogP contribution in [-0.4, -0.2) is 62.2 Å². The number of piperidine rings is 1. The second-order valence-electron chi connectivity index (χ2n) is 7.84. The number of hydrogen-bond donors (Lipinski definition) is 1. The van der Waals surface area contributed by atoms with Crippen molar-refractivity contribution >= 4 is 0 Å². The molecule has 2 heterocycles. The van der Waals surface area contributed by atoms with Crippen molar-refractivity contribution in [3.63, 3.8) is 0 Å². The monoisotopic (exact) mass is 293 g/mol. The SMILES string of the molecule is CN1CCCC(CN2CCCNC(C3CCCCC3)C2)C1. The average molecular weight is 293 g/mol. The van der Waals surface area contributed by atoms with E-state index < -0.39 is 0 Å². The fourth-order valence-electron chi connectivity index (χ4n) is 4.83. The highest BCUT2D eigenvalue weighted by molar-refractivity contribution is 4.86. The van der Waals surface area contributed by atoms with E-state index in [1.54, 1.807) is 0 Å². The largest absolute Gasteiger partial charge is 0.312 e. The van der Waals surface area contributed by atoms with Crippen LogP contribution in [0.3, 0.4) is 0 Å². The van der Waals surface area contributed by atoms with E-state index in [4.69, 9.17) is 0 Å². The van der Waals surface area contributed by atoms with Crippen LogP contribution >= 0.6 is 0 Å². The molecule has 3 nitrogen and oxygen atoms in total. The van der Waals surface area contributed by atoms with Crippen molar-refractivity contribution in [3.05, 3.63) is 0 Å². The van der Waals surface area contributed by atoms with Gasteiger partial charge in [0.1, 0.15) is 0 Å². The van der Waals surface area contributed by atoms with Crippen molar-refractivity contribution in [2.45, 2.75) is 57.4 Å². The standard InChI is InChI=1S/C18H35N3/c1-20-11-5-7-16(13-20)14-21-12-6-10-19-18(15-21)17-8-3-2-4-9-17/h16-19H,2-15H2,1H3. The zero-order chi connectivity index (χ0) is 14.5. The summed E-state index contributed by atoms with van der Waals surface area (Å²) < 4.78 is 0. The van der Waals surface area contributed by atoms with Crippen molar-refractivity contribution in [2.24, 2.45) is 11.8 Å². The lowest BCUT2D eigenvalue weighted by atomic mass is 9.83. The maximum atomic E-state index is 3.88. The van der Waals surface area contributed by atoms with Gasteiger partial charge in [-0.25, -0.2) is 0 Å². The molecule has 0 amide bonds.